The Morgan fingerprint density at radius 2 is 1.56 bits per heavy atom. The molecule has 0 aliphatic carbocycles. The molecule has 0 saturated carbocycles. The zero-order valence-corrected chi connectivity index (χ0v) is 20.3. The van der Waals surface area contributed by atoms with Crippen LogP contribution in [0.4, 0.5) is 4.39 Å². The number of aryl methyl sites for hydroxylation is 1. The number of halogens is 1. The van der Waals surface area contributed by atoms with Gasteiger partial charge in [0.05, 0.1) is 6.42 Å². The molecule has 3 aromatic rings. The summed E-state index contributed by atoms with van der Waals surface area (Å²) < 4.78 is 14.4. The lowest BCUT2D eigenvalue weighted by atomic mass is 9.99. The SMILES string of the molecule is Cc1cccc(CN(C(=O)Cc2ccccc2F)C(Cc2ccccc2)C(=O)NC(C)(C)C)c1. The molecule has 1 atom stereocenters. The first-order valence-corrected chi connectivity index (χ1v) is 11.6. The fourth-order valence-corrected chi connectivity index (χ4v) is 3.92. The molecule has 0 aliphatic heterocycles. The molecular formula is C29H33FN2O2. The Labute approximate surface area is 201 Å². The summed E-state index contributed by atoms with van der Waals surface area (Å²) in [5.74, 6) is -0.951. The van der Waals surface area contributed by atoms with Crippen LogP contribution in [0.15, 0.2) is 78.9 Å². The van der Waals surface area contributed by atoms with Gasteiger partial charge in [0, 0.05) is 18.5 Å². The molecule has 1 N–H and O–H groups in total. The molecule has 0 fully saturated rings. The van der Waals surface area contributed by atoms with Crippen LogP contribution in [-0.4, -0.2) is 28.3 Å². The third-order valence-corrected chi connectivity index (χ3v) is 5.50. The number of carbonyl (C=O) groups is 2. The molecule has 0 radical (unpaired) electrons. The van der Waals surface area contributed by atoms with Crippen molar-refractivity contribution in [1.29, 1.82) is 0 Å². The zero-order chi connectivity index (χ0) is 24.7. The quantitative estimate of drug-likeness (QED) is 0.500. The van der Waals surface area contributed by atoms with E-state index in [-0.39, 0.29) is 24.8 Å². The summed E-state index contributed by atoms with van der Waals surface area (Å²) in [6.07, 6.45) is 0.240. The number of rotatable bonds is 8. The standard InChI is InChI=1S/C29H33FN2O2/c1-21-11-10-14-23(17-21)20-32(27(33)19-24-15-8-9-16-25(24)30)26(28(34)31-29(2,3)4)18-22-12-6-5-7-13-22/h5-17,26H,18-20H2,1-4H3,(H,31,34). The Hall–Kier alpha value is -3.47. The average molecular weight is 461 g/mol. The minimum atomic E-state index is -0.749. The van der Waals surface area contributed by atoms with Crippen LogP contribution in [0.1, 0.15) is 43.0 Å². The summed E-state index contributed by atoms with van der Waals surface area (Å²) in [5.41, 5.74) is 2.79. The van der Waals surface area contributed by atoms with Gasteiger partial charge in [-0.15, -0.1) is 0 Å². The van der Waals surface area contributed by atoms with E-state index in [9.17, 15) is 14.0 Å². The van der Waals surface area contributed by atoms with Gasteiger partial charge in [-0.2, -0.15) is 0 Å². The van der Waals surface area contributed by atoms with Gasteiger partial charge in [-0.25, -0.2) is 4.39 Å². The normalized spacial score (nSPS) is 12.1. The molecule has 5 heteroatoms. The molecule has 1 unspecified atom stereocenters. The zero-order valence-electron chi connectivity index (χ0n) is 20.3. The van der Waals surface area contributed by atoms with Gasteiger partial charge in [-0.3, -0.25) is 9.59 Å². The van der Waals surface area contributed by atoms with Crippen LogP contribution in [0, 0.1) is 12.7 Å². The van der Waals surface area contributed by atoms with Gasteiger partial charge in [0.15, 0.2) is 0 Å². The highest BCUT2D eigenvalue weighted by Crippen LogP contribution is 2.19. The highest BCUT2D eigenvalue weighted by atomic mass is 19.1. The lowest BCUT2D eigenvalue weighted by Crippen LogP contribution is -2.54. The second kappa shape index (κ2) is 11.1. The topological polar surface area (TPSA) is 49.4 Å². The van der Waals surface area contributed by atoms with E-state index < -0.39 is 17.4 Å². The molecule has 0 aromatic heterocycles. The fourth-order valence-electron chi connectivity index (χ4n) is 3.92. The van der Waals surface area contributed by atoms with E-state index in [2.05, 4.69) is 5.32 Å². The van der Waals surface area contributed by atoms with Crippen LogP contribution in [0.25, 0.3) is 0 Å². The Bertz CT molecular complexity index is 1120. The van der Waals surface area contributed by atoms with Crippen molar-refractivity contribution < 1.29 is 14.0 Å². The average Bonchev–Trinajstić information content (AvgIpc) is 2.77. The highest BCUT2D eigenvalue weighted by Gasteiger charge is 2.32. The summed E-state index contributed by atoms with van der Waals surface area (Å²) in [5, 5.41) is 3.04. The maximum atomic E-state index is 14.4. The van der Waals surface area contributed by atoms with E-state index in [1.54, 1.807) is 23.1 Å². The molecule has 34 heavy (non-hydrogen) atoms. The number of nitrogens with one attached hydrogen (secondary N) is 1. The Balaban J connectivity index is 2.00. The number of hydrogen-bond donors (Lipinski definition) is 1. The van der Waals surface area contributed by atoms with E-state index in [1.807, 2.05) is 82.3 Å². The van der Waals surface area contributed by atoms with E-state index in [0.29, 0.717) is 12.0 Å². The van der Waals surface area contributed by atoms with Crippen molar-refractivity contribution in [2.24, 2.45) is 0 Å². The fraction of sp³-hybridized carbons (Fsp3) is 0.310. The predicted octanol–water partition coefficient (Wildman–Crippen LogP) is 5.23. The number of carbonyl (C=O) groups excluding carboxylic acids is 2. The van der Waals surface area contributed by atoms with Crippen molar-refractivity contribution in [3.63, 3.8) is 0 Å². The van der Waals surface area contributed by atoms with Crippen molar-refractivity contribution in [2.45, 2.75) is 58.7 Å². The Kier molecular flexibility index (Phi) is 8.21. The molecule has 0 bridgehead atoms. The summed E-state index contributed by atoms with van der Waals surface area (Å²) in [7, 11) is 0. The molecule has 178 valence electrons. The van der Waals surface area contributed by atoms with Crippen LogP contribution >= 0.6 is 0 Å². The molecule has 0 saturated heterocycles. The van der Waals surface area contributed by atoms with Gasteiger partial charge in [0.25, 0.3) is 0 Å². The van der Waals surface area contributed by atoms with Gasteiger partial charge < -0.3 is 10.2 Å². The third kappa shape index (κ3) is 7.27. The van der Waals surface area contributed by atoms with E-state index in [4.69, 9.17) is 0 Å². The molecule has 3 aromatic carbocycles. The maximum Gasteiger partial charge on any atom is 0.243 e. The van der Waals surface area contributed by atoms with Crippen molar-refractivity contribution >= 4 is 11.8 Å². The minimum Gasteiger partial charge on any atom is -0.350 e. The first kappa shape index (κ1) is 25.2. The number of benzene rings is 3. The molecule has 2 amide bonds. The lowest BCUT2D eigenvalue weighted by Gasteiger charge is -2.34. The summed E-state index contributed by atoms with van der Waals surface area (Å²) >= 11 is 0. The molecule has 4 nitrogen and oxygen atoms in total. The van der Waals surface area contributed by atoms with Crippen molar-refractivity contribution in [3.05, 3.63) is 107 Å². The molecule has 0 aliphatic rings. The molecule has 0 heterocycles. The van der Waals surface area contributed by atoms with E-state index in [1.165, 1.54) is 6.07 Å². The highest BCUT2D eigenvalue weighted by molar-refractivity contribution is 5.89. The maximum absolute atomic E-state index is 14.4. The van der Waals surface area contributed by atoms with Crippen molar-refractivity contribution in [1.82, 2.24) is 10.2 Å². The molecular weight excluding hydrogens is 427 g/mol. The van der Waals surface area contributed by atoms with Crippen molar-refractivity contribution in [3.8, 4) is 0 Å². The monoisotopic (exact) mass is 460 g/mol. The predicted molar refractivity (Wildman–Crippen MR) is 134 cm³/mol. The van der Waals surface area contributed by atoms with Gasteiger partial charge in [0.2, 0.25) is 11.8 Å². The Morgan fingerprint density at radius 3 is 2.21 bits per heavy atom. The summed E-state index contributed by atoms with van der Waals surface area (Å²) in [6.45, 7) is 7.98. The Morgan fingerprint density at radius 1 is 0.912 bits per heavy atom. The second-order valence-corrected chi connectivity index (χ2v) is 9.72. The van der Waals surface area contributed by atoms with Crippen LogP contribution in [0.2, 0.25) is 0 Å². The minimum absolute atomic E-state index is 0.118. The molecule has 3 rings (SSSR count). The van der Waals surface area contributed by atoms with Crippen LogP contribution in [0.5, 0.6) is 0 Å². The number of nitrogens with zero attached hydrogens (tertiary/aromatic N) is 1. The van der Waals surface area contributed by atoms with E-state index >= 15 is 0 Å². The molecule has 0 spiro atoms. The van der Waals surface area contributed by atoms with Crippen LogP contribution in [-0.2, 0) is 29.0 Å². The lowest BCUT2D eigenvalue weighted by molar-refractivity contribution is -0.141. The first-order valence-electron chi connectivity index (χ1n) is 11.6. The van der Waals surface area contributed by atoms with Gasteiger partial charge in [0.1, 0.15) is 11.9 Å². The van der Waals surface area contributed by atoms with Gasteiger partial charge in [-0.1, -0.05) is 78.4 Å². The first-order chi connectivity index (χ1) is 16.1. The largest absolute Gasteiger partial charge is 0.350 e. The summed E-state index contributed by atoms with van der Waals surface area (Å²) in [4.78, 5) is 28.7. The van der Waals surface area contributed by atoms with Crippen LogP contribution in [0.3, 0.4) is 0 Å². The smallest absolute Gasteiger partial charge is 0.243 e. The van der Waals surface area contributed by atoms with Crippen LogP contribution < -0.4 is 5.32 Å². The van der Waals surface area contributed by atoms with Gasteiger partial charge >= 0.3 is 0 Å². The third-order valence-electron chi connectivity index (χ3n) is 5.50. The number of hydrogen-bond acceptors (Lipinski definition) is 2. The van der Waals surface area contributed by atoms with Gasteiger partial charge in [-0.05, 0) is 50.5 Å². The summed E-state index contributed by atoms with van der Waals surface area (Å²) in [6, 6.07) is 23.0. The second-order valence-electron chi connectivity index (χ2n) is 9.72. The van der Waals surface area contributed by atoms with Crippen molar-refractivity contribution in [2.75, 3.05) is 0 Å². The number of amides is 2. The van der Waals surface area contributed by atoms with E-state index in [0.717, 1.165) is 16.7 Å².